The average Bonchev–Trinajstić information content (AvgIpc) is 2.72. The van der Waals surface area contributed by atoms with Crippen molar-refractivity contribution >= 4 is 19.7 Å². The zero-order valence-corrected chi connectivity index (χ0v) is 12.0. The van der Waals surface area contributed by atoms with E-state index >= 15 is 0 Å². The third-order valence-corrected chi connectivity index (χ3v) is 3.48. The Hall–Kier alpha value is -0.630. The van der Waals surface area contributed by atoms with Crippen molar-refractivity contribution in [1.82, 2.24) is 9.55 Å². The molecule has 0 saturated heterocycles. The highest BCUT2D eigenvalue weighted by Crippen LogP contribution is 2.14. The smallest absolute Gasteiger partial charge is 0.280 e. The number of hydrogen-bond donors (Lipinski definition) is 0. The fourth-order valence-corrected chi connectivity index (χ4v) is 2.12. The zero-order valence-electron chi connectivity index (χ0n) is 10.4. The molecule has 104 valence electrons. The lowest BCUT2D eigenvalue weighted by molar-refractivity contribution is 0.0663. The van der Waals surface area contributed by atoms with Gasteiger partial charge in [-0.3, -0.25) is 0 Å². The molecular weight excluding hydrogens is 280 g/mol. The van der Waals surface area contributed by atoms with E-state index < -0.39 is 9.05 Å². The number of nitrogens with zero attached hydrogens (tertiary/aromatic N) is 2. The number of hydrogen-bond acceptors (Lipinski definition) is 5. The van der Waals surface area contributed by atoms with E-state index in [0.29, 0.717) is 38.6 Å². The summed E-state index contributed by atoms with van der Waals surface area (Å²) in [6.07, 6.45) is 2.06. The summed E-state index contributed by atoms with van der Waals surface area (Å²) in [5.74, 6) is 0.671. The van der Waals surface area contributed by atoms with Crippen LogP contribution in [0.25, 0.3) is 0 Å². The van der Waals surface area contributed by atoms with Gasteiger partial charge in [0, 0.05) is 37.0 Å². The predicted octanol–water partition coefficient (Wildman–Crippen LogP) is 1.04. The SMILES string of the molecule is CCc1nc(S(=O)(=O)Cl)cn1CCOCCOC. The van der Waals surface area contributed by atoms with Crippen molar-refractivity contribution < 1.29 is 17.9 Å². The Kier molecular flexibility index (Phi) is 6.07. The van der Waals surface area contributed by atoms with Gasteiger partial charge >= 0.3 is 0 Å². The van der Waals surface area contributed by atoms with Crippen LogP contribution in [-0.2, 0) is 31.5 Å². The number of aromatic nitrogens is 2. The van der Waals surface area contributed by atoms with E-state index in [-0.39, 0.29) is 5.03 Å². The van der Waals surface area contributed by atoms with E-state index in [0.717, 1.165) is 0 Å². The van der Waals surface area contributed by atoms with Gasteiger partial charge in [0.15, 0.2) is 5.03 Å². The summed E-state index contributed by atoms with van der Waals surface area (Å²) in [5, 5.41) is -0.113. The molecule has 18 heavy (non-hydrogen) atoms. The van der Waals surface area contributed by atoms with Gasteiger partial charge in [0.05, 0.1) is 19.8 Å². The number of halogens is 1. The molecule has 0 fully saturated rings. The van der Waals surface area contributed by atoms with Gasteiger partial charge in [-0.25, -0.2) is 13.4 Å². The predicted molar refractivity (Wildman–Crippen MR) is 67.3 cm³/mol. The second-order valence-corrected chi connectivity index (χ2v) is 6.10. The van der Waals surface area contributed by atoms with Gasteiger partial charge in [-0.15, -0.1) is 0 Å². The number of rotatable bonds is 8. The fraction of sp³-hybridized carbons (Fsp3) is 0.700. The van der Waals surface area contributed by atoms with Crippen LogP contribution in [0.1, 0.15) is 12.7 Å². The van der Waals surface area contributed by atoms with Crippen LogP contribution in [-0.4, -0.2) is 44.9 Å². The van der Waals surface area contributed by atoms with Gasteiger partial charge < -0.3 is 14.0 Å². The number of imidazole rings is 1. The molecule has 0 saturated carbocycles. The molecule has 0 amide bonds. The summed E-state index contributed by atoms with van der Waals surface area (Å²) in [5.41, 5.74) is 0. The van der Waals surface area contributed by atoms with Crippen LogP contribution in [0, 0.1) is 0 Å². The third kappa shape index (κ3) is 4.56. The Morgan fingerprint density at radius 3 is 2.67 bits per heavy atom. The highest BCUT2D eigenvalue weighted by Gasteiger charge is 2.16. The van der Waals surface area contributed by atoms with E-state index in [1.807, 2.05) is 6.92 Å². The van der Waals surface area contributed by atoms with Crippen LogP contribution >= 0.6 is 10.7 Å². The molecule has 0 aliphatic rings. The van der Waals surface area contributed by atoms with Crippen molar-refractivity contribution in [2.45, 2.75) is 24.9 Å². The summed E-state index contributed by atoms with van der Waals surface area (Å²) in [6.45, 7) is 3.94. The summed E-state index contributed by atoms with van der Waals surface area (Å²) in [6, 6.07) is 0. The van der Waals surface area contributed by atoms with Gasteiger partial charge in [0.25, 0.3) is 9.05 Å². The van der Waals surface area contributed by atoms with Crippen molar-refractivity contribution in [2.75, 3.05) is 26.9 Å². The molecule has 1 rings (SSSR count). The average molecular weight is 297 g/mol. The lowest BCUT2D eigenvalue weighted by Gasteiger charge is -2.06. The molecule has 0 radical (unpaired) electrons. The van der Waals surface area contributed by atoms with Gasteiger partial charge in [0.1, 0.15) is 5.82 Å². The number of ether oxygens (including phenoxy) is 2. The van der Waals surface area contributed by atoms with Crippen LogP contribution in [0.4, 0.5) is 0 Å². The van der Waals surface area contributed by atoms with E-state index in [1.165, 1.54) is 6.20 Å². The molecule has 0 aromatic carbocycles. The Morgan fingerprint density at radius 2 is 2.11 bits per heavy atom. The minimum absolute atomic E-state index is 0.113. The summed E-state index contributed by atoms with van der Waals surface area (Å²) < 4.78 is 34.2. The Labute approximate surface area is 111 Å². The lowest BCUT2D eigenvalue weighted by atomic mass is 10.4. The zero-order chi connectivity index (χ0) is 13.6. The first-order chi connectivity index (χ1) is 8.49. The minimum Gasteiger partial charge on any atom is -0.382 e. The first kappa shape index (κ1) is 15.4. The van der Waals surface area contributed by atoms with E-state index in [2.05, 4.69) is 4.98 Å². The molecule has 8 heteroatoms. The van der Waals surface area contributed by atoms with Crippen molar-refractivity contribution in [3.8, 4) is 0 Å². The van der Waals surface area contributed by atoms with Crippen LogP contribution in [0.15, 0.2) is 11.2 Å². The largest absolute Gasteiger partial charge is 0.382 e. The Bertz CT molecular complexity index is 472. The van der Waals surface area contributed by atoms with Gasteiger partial charge in [-0.05, 0) is 0 Å². The normalized spacial score (nSPS) is 11.9. The maximum Gasteiger partial charge on any atom is 0.280 e. The molecular formula is C10H17ClN2O4S. The first-order valence-corrected chi connectivity index (χ1v) is 7.87. The maximum absolute atomic E-state index is 11.2. The number of methoxy groups -OCH3 is 1. The molecule has 1 heterocycles. The Balaban J connectivity index is 2.62. The molecule has 0 aliphatic carbocycles. The monoisotopic (exact) mass is 296 g/mol. The van der Waals surface area contributed by atoms with Crippen molar-refractivity contribution in [2.24, 2.45) is 0 Å². The molecule has 0 N–H and O–H groups in total. The molecule has 6 nitrogen and oxygen atoms in total. The third-order valence-electron chi connectivity index (χ3n) is 2.31. The van der Waals surface area contributed by atoms with Crippen LogP contribution in [0.2, 0.25) is 0 Å². The van der Waals surface area contributed by atoms with Gasteiger partial charge in [-0.2, -0.15) is 0 Å². The van der Waals surface area contributed by atoms with Gasteiger partial charge in [0.2, 0.25) is 0 Å². The van der Waals surface area contributed by atoms with Crippen LogP contribution in [0.3, 0.4) is 0 Å². The molecule has 0 unspecified atom stereocenters. The van der Waals surface area contributed by atoms with Crippen LogP contribution < -0.4 is 0 Å². The molecule has 0 bridgehead atoms. The molecule has 1 aromatic rings. The fourth-order valence-electron chi connectivity index (χ4n) is 1.43. The highest BCUT2D eigenvalue weighted by molar-refractivity contribution is 8.13. The van der Waals surface area contributed by atoms with Crippen LogP contribution in [0.5, 0.6) is 0 Å². The summed E-state index contributed by atoms with van der Waals surface area (Å²) >= 11 is 0. The maximum atomic E-state index is 11.2. The second-order valence-electron chi connectivity index (χ2n) is 3.59. The van der Waals surface area contributed by atoms with E-state index in [9.17, 15) is 8.42 Å². The highest BCUT2D eigenvalue weighted by atomic mass is 35.7. The van der Waals surface area contributed by atoms with Crippen molar-refractivity contribution in [1.29, 1.82) is 0 Å². The van der Waals surface area contributed by atoms with Crippen molar-refractivity contribution in [3.05, 3.63) is 12.0 Å². The van der Waals surface area contributed by atoms with Crippen molar-refractivity contribution in [3.63, 3.8) is 0 Å². The molecule has 0 spiro atoms. The lowest BCUT2D eigenvalue weighted by Crippen LogP contribution is -2.10. The number of aryl methyl sites for hydroxylation is 1. The van der Waals surface area contributed by atoms with Gasteiger partial charge in [-0.1, -0.05) is 6.92 Å². The topological polar surface area (TPSA) is 70.4 Å². The molecule has 1 aromatic heterocycles. The summed E-state index contributed by atoms with van der Waals surface area (Å²) in [4.78, 5) is 3.98. The Morgan fingerprint density at radius 1 is 1.39 bits per heavy atom. The quantitative estimate of drug-likeness (QED) is 0.529. The molecule has 0 atom stereocenters. The van der Waals surface area contributed by atoms with E-state index in [1.54, 1.807) is 11.7 Å². The molecule has 0 aliphatic heterocycles. The first-order valence-electron chi connectivity index (χ1n) is 5.56. The standard InChI is InChI=1S/C10H17ClN2O4S/c1-3-9-12-10(18(11,14)15)8-13(9)4-5-17-7-6-16-2/h8H,3-7H2,1-2H3. The van der Waals surface area contributed by atoms with E-state index in [4.69, 9.17) is 20.2 Å². The minimum atomic E-state index is -3.77. The summed E-state index contributed by atoms with van der Waals surface area (Å²) in [7, 11) is 3.08. The second kappa shape index (κ2) is 7.08.